The molecule has 0 rings (SSSR count). The second-order valence-electron chi connectivity index (χ2n) is 6.94. The van der Waals surface area contributed by atoms with Crippen molar-refractivity contribution in [3.8, 4) is 0 Å². The molecular formula is C13H13F17INO2S. The minimum absolute atomic E-state index is 0. The van der Waals surface area contributed by atoms with Gasteiger partial charge in [-0.1, -0.05) is 0 Å². The Labute approximate surface area is 201 Å². The van der Waals surface area contributed by atoms with E-state index in [-0.39, 0.29) is 24.0 Å². The lowest BCUT2D eigenvalue weighted by molar-refractivity contribution is -0.458. The first-order chi connectivity index (χ1) is 14.4. The monoisotopic (exact) mass is 697 g/mol. The van der Waals surface area contributed by atoms with E-state index in [1.165, 1.54) is 0 Å². The number of rotatable bonds is 11. The van der Waals surface area contributed by atoms with Crippen LogP contribution in [0.3, 0.4) is 0 Å². The van der Waals surface area contributed by atoms with E-state index >= 15 is 0 Å². The second kappa shape index (κ2) is 9.97. The van der Waals surface area contributed by atoms with Crippen molar-refractivity contribution in [1.29, 1.82) is 0 Å². The van der Waals surface area contributed by atoms with Gasteiger partial charge in [0.25, 0.3) is 0 Å². The third-order valence-corrected chi connectivity index (χ3v) is 5.97. The predicted octanol–water partition coefficient (Wildman–Crippen LogP) is 5.94. The Morgan fingerprint density at radius 1 is 0.543 bits per heavy atom. The van der Waals surface area contributed by atoms with Crippen LogP contribution in [-0.2, 0) is 9.84 Å². The lowest BCUT2D eigenvalue weighted by Gasteiger charge is -2.42. The molecule has 0 aliphatic heterocycles. The first-order valence-electron chi connectivity index (χ1n) is 8.00. The predicted molar refractivity (Wildman–Crippen MR) is 93.1 cm³/mol. The van der Waals surface area contributed by atoms with Crippen LogP contribution in [0, 0.1) is 0 Å². The van der Waals surface area contributed by atoms with Gasteiger partial charge in [0.15, 0.2) is 0 Å². The summed E-state index contributed by atoms with van der Waals surface area (Å²) in [5, 5.41) is -7.42. The molecule has 0 saturated heterocycles. The van der Waals surface area contributed by atoms with Crippen molar-refractivity contribution < 1.29 is 83.1 Å². The standard InChI is InChI=1S/C13H12F17NO2S.HI/c1-31(2)4-3-5-34(32,33)13(29,30)11(24,25)9(20,21)7(16,17)6(14,15)8(18,19)10(22,23)12(26,27)28;/h3-5H2,1-2H3;1H. The molecule has 0 aromatic carbocycles. The molecule has 0 bridgehead atoms. The van der Waals surface area contributed by atoms with E-state index in [0.717, 1.165) is 19.0 Å². The van der Waals surface area contributed by atoms with Crippen molar-refractivity contribution in [2.75, 3.05) is 26.4 Å². The topological polar surface area (TPSA) is 37.4 Å². The molecule has 0 aromatic heterocycles. The highest BCUT2D eigenvalue weighted by Crippen LogP contribution is 2.64. The van der Waals surface area contributed by atoms with Crippen LogP contribution < -0.4 is 0 Å². The second-order valence-corrected chi connectivity index (χ2v) is 9.09. The smallest absolute Gasteiger partial charge is 0.309 e. The van der Waals surface area contributed by atoms with Gasteiger partial charge in [-0.15, -0.1) is 24.0 Å². The molecule has 0 heterocycles. The number of sulfone groups is 1. The summed E-state index contributed by atoms with van der Waals surface area (Å²) < 4.78 is 246. The molecule has 0 spiro atoms. The van der Waals surface area contributed by atoms with Crippen molar-refractivity contribution in [3.05, 3.63) is 0 Å². The third-order valence-electron chi connectivity index (χ3n) is 4.10. The zero-order chi connectivity index (χ0) is 28.2. The molecule has 22 heteroatoms. The largest absolute Gasteiger partial charge is 0.460 e. The fourth-order valence-electron chi connectivity index (χ4n) is 2.04. The Kier molecular flexibility index (Phi) is 10.4. The van der Waals surface area contributed by atoms with Crippen LogP contribution in [0.4, 0.5) is 74.6 Å². The minimum atomic E-state index is -8.80. The van der Waals surface area contributed by atoms with Crippen molar-refractivity contribution in [2.45, 2.75) is 53.4 Å². The van der Waals surface area contributed by atoms with Gasteiger partial charge in [-0.05, 0) is 27.1 Å². The average Bonchev–Trinajstić information content (AvgIpc) is 2.58. The highest BCUT2D eigenvalue weighted by Gasteiger charge is 2.96. The number of alkyl halides is 17. The third kappa shape index (κ3) is 5.38. The zero-order valence-corrected chi connectivity index (χ0v) is 19.8. The van der Waals surface area contributed by atoms with Crippen LogP contribution >= 0.6 is 24.0 Å². The molecular weight excluding hydrogens is 684 g/mol. The van der Waals surface area contributed by atoms with E-state index in [0.29, 0.717) is 0 Å². The molecule has 0 aliphatic rings. The zero-order valence-electron chi connectivity index (χ0n) is 16.6. The first kappa shape index (κ1) is 36.6. The number of nitrogens with zero attached hydrogens (tertiary/aromatic N) is 1. The van der Waals surface area contributed by atoms with E-state index in [1.54, 1.807) is 0 Å². The first-order valence-corrected chi connectivity index (χ1v) is 9.65. The van der Waals surface area contributed by atoms with Crippen molar-refractivity contribution in [2.24, 2.45) is 0 Å². The Hall–Kier alpha value is -0.550. The van der Waals surface area contributed by atoms with Crippen molar-refractivity contribution >= 4 is 33.8 Å². The molecule has 35 heavy (non-hydrogen) atoms. The van der Waals surface area contributed by atoms with Gasteiger partial charge < -0.3 is 4.90 Å². The Balaban J connectivity index is 0. The lowest BCUT2D eigenvalue weighted by Crippen LogP contribution is -2.75. The van der Waals surface area contributed by atoms with Crippen molar-refractivity contribution in [1.82, 2.24) is 4.90 Å². The van der Waals surface area contributed by atoms with Crippen LogP contribution in [0.5, 0.6) is 0 Å². The summed E-state index contributed by atoms with van der Waals surface area (Å²) in [6.45, 7) is -0.537. The quantitative estimate of drug-likeness (QED) is 0.199. The fraction of sp³-hybridized carbons (Fsp3) is 1.00. The minimum Gasteiger partial charge on any atom is -0.309 e. The normalized spacial score (nSPS) is 15.9. The van der Waals surface area contributed by atoms with Gasteiger partial charge in [-0.2, -0.15) is 74.6 Å². The van der Waals surface area contributed by atoms with Gasteiger partial charge in [0.1, 0.15) is 0 Å². The summed E-state index contributed by atoms with van der Waals surface area (Å²) in [6, 6.07) is 0. The summed E-state index contributed by atoms with van der Waals surface area (Å²) >= 11 is 0. The Morgan fingerprint density at radius 2 is 0.829 bits per heavy atom. The molecule has 0 atom stereocenters. The summed E-state index contributed by atoms with van der Waals surface area (Å²) in [7, 11) is -4.68. The lowest BCUT2D eigenvalue weighted by atomic mass is 9.91. The average molecular weight is 697 g/mol. The molecule has 0 amide bonds. The SMILES string of the molecule is CN(C)CCCS(=O)(=O)C(F)(F)C(F)(F)C(F)(F)C(F)(F)C(F)(F)C(F)(F)C(F)(F)C(F)(F)F.I. The van der Waals surface area contributed by atoms with Crippen LogP contribution in [0.15, 0.2) is 0 Å². The molecule has 0 aromatic rings. The maximum absolute atomic E-state index is 13.7. The molecule has 0 N–H and O–H groups in total. The highest BCUT2D eigenvalue weighted by molar-refractivity contribution is 14.0. The van der Waals surface area contributed by atoms with Gasteiger partial charge >= 0.3 is 47.0 Å². The molecule has 0 fully saturated rings. The van der Waals surface area contributed by atoms with E-state index in [4.69, 9.17) is 0 Å². The highest BCUT2D eigenvalue weighted by atomic mass is 127. The summed E-state index contributed by atoms with van der Waals surface area (Å²) in [6.07, 6.45) is -8.93. The van der Waals surface area contributed by atoms with E-state index in [1.807, 2.05) is 0 Å². The maximum Gasteiger partial charge on any atom is 0.460 e. The summed E-state index contributed by atoms with van der Waals surface area (Å²) in [5.41, 5.74) is 0. The molecule has 0 saturated carbocycles. The maximum atomic E-state index is 13.7. The van der Waals surface area contributed by atoms with Crippen LogP contribution in [0.25, 0.3) is 0 Å². The summed E-state index contributed by atoms with van der Waals surface area (Å²) in [5.74, 6) is -53.5. The molecule has 0 unspecified atom stereocenters. The molecule has 0 radical (unpaired) electrons. The van der Waals surface area contributed by atoms with Crippen molar-refractivity contribution in [3.63, 3.8) is 0 Å². The van der Waals surface area contributed by atoms with Crippen LogP contribution in [-0.4, -0.2) is 86.7 Å². The Bertz CT molecular complexity index is 837. The van der Waals surface area contributed by atoms with Crippen LogP contribution in [0.2, 0.25) is 0 Å². The Morgan fingerprint density at radius 3 is 1.11 bits per heavy atom. The number of hydrogen-bond donors (Lipinski definition) is 0. The van der Waals surface area contributed by atoms with E-state index < -0.39 is 75.5 Å². The van der Waals surface area contributed by atoms with Gasteiger partial charge in [0.05, 0.1) is 5.75 Å². The van der Waals surface area contributed by atoms with Gasteiger partial charge in [0, 0.05) is 0 Å². The van der Waals surface area contributed by atoms with Gasteiger partial charge in [0.2, 0.25) is 9.84 Å². The number of hydrogen-bond acceptors (Lipinski definition) is 3. The molecule has 0 aliphatic carbocycles. The number of halogens is 18. The van der Waals surface area contributed by atoms with E-state index in [2.05, 4.69) is 0 Å². The molecule has 214 valence electrons. The van der Waals surface area contributed by atoms with Gasteiger partial charge in [-0.25, -0.2) is 8.42 Å². The van der Waals surface area contributed by atoms with E-state index in [9.17, 15) is 83.1 Å². The van der Waals surface area contributed by atoms with Gasteiger partial charge in [-0.3, -0.25) is 0 Å². The summed E-state index contributed by atoms with van der Waals surface area (Å²) in [4.78, 5) is 1.01. The molecule has 3 nitrogen and oxygen atoms in total. The fourth-order valence-corrected chi connectivity index (χ4v) is 3.33. The van der Waals surface area contributed by atoms with Crippen LogP contribution in [0.1, 0.15) is 6.42 Å².